The summed E-state index contributed by atoms with van der Waals surface area (Å²) < 4.78 is 104. The van der Waals surface area contributed by atoms with E-state index in [0.717, 1.165) is 12.6 Å². The molecule has 4 unspecified atom stereocenters. The maximum Gasteiger partial charge on any atom is 0.434 e. The zero-order chi connectivity index (χ0) is 39.5. The number of halogens is 5. The van der Waals surface area contributed by atoms with Crippen LogP contribution in [0, 0.1) is 17.8 Å². The lowest BCUT2D eigenvalue weighted by Crippen LogP contribution is -2.57. The molecular weight excluding hydrogens is 750 g/mol. The van der Waals surface area contributed by atoms with Crippen LogP contribution >= 0.6 is 0 Å². The number of aliphatic carboxylic acids is 1. The number of rotatable bonds is 10. The molecule has 3 heterocycles. The number of likely N-dealkylation sites (tertiary alicyclic amines) is 1. The Hall–Kier alpha value is -3.86. The summed E-state index contributed by atoms with van der Waals surface area (Å²) in [5.74, 6) is -5.25. The van der Waals surface area contributed by atoms with Crippen LogP contribution in [-0.2, 0) is 20.8 Å². The lowest BCUT2D eigenvalue weighted by Gasteiger charge is -2.33. The smallest absolute Gasteiger partial charge is 0.434 e. The summed E-state index contributed by atoms with van der Waals surface area (Å²) in [6.07, 6.45) is 1.15. The minimum atomic E-state index is -5.10. The van der Waals surface area contributed by atoms with Gasteiger partial charge in [-0.2, -0.15) is 13.2 Å². The third-order valence-corrected chi connectivity index (χ3v) is 13.0. The Morgan fingerprint density at radius 3 is 2.44 bits per heavy atom. The number of benzene rings is 1. The fourth-order valence-corrected chi connectivity index (χ4v) is 9.98. The van der Waals surface area contributed by atoms with E-state index in [4.69, 9.17) is 4.74 Å². The molecule has 17 heteroatoms. The highest BCUT2D eigenvalue weighted by molar-refractivity contribution is 7.90. The molecule has 4 fully saturated rings. The van der Waals surface area contributed by atoms with Gasteiger partial charge in [-0.1, -0.05) is 6.92 Å². The van der Waals surface area contributed by atoms with Crippen molar-refractivity contribution in [1.29, 1.82) is 0 Å². The zero-order valence-electron chi connectivity index (χ0n) is 30.7. The number of piperidine rings is 1. The number of nitrogens with one attached hydrogen (secondary N) is 1. The first-order valence-corrected chi connectivity index (χ1v) is 21.0. The maximum absolute atomic E-state index is 14.7. The summed E-state index contributed by atoms with van der Waals surface area (Å²) in [7, 11) is -3.09. The van der Waals surface area contributed by atoms with Crippen molar-refractivity contribution >= 4 is 32.6 Å². The average molecular weight is 796 g/mol. The van der Waals surface area contributed by atoms with Crippen molar-refractivity contribution in [3.63, 3.8) is 0 Å². The van der Waals surface area contributed by atoms with E-state index in [1.165, 1.54) is 6.26 Å². The minimum absolute atomic E-state index is 0.0382. The molecule has 0 spiro atoms. The molecule has 3 aliphatic carbocycles. The number of hydrogen-bond acceptors (Lipinski definition) is 8. The predicted molar refractivity (Wildman–Crippen MR) is 193 cm³/mol. The van der Waals surface area contributed by atoms with Gasteiger partial charge in [0.15, 0.2) is 11.5 Å². The second-order valence-corrected chi connectivity index (χ2v) is 18.5. The number of sulfone groups is 1. The van der Waals surface area contributed by atoms with E-state index in [-0.39, 0.29) is 67.2 Å². The number of alkyl halides is 5. The molecular formula is C38H46F5N5O6S. The molecule has 2 bridgehead atoms. The van der Waals surface area contributed by atoms with Crippen molar-refractivity contribution in [2.45, 2.75) is 101 Å². The average Bonchev–Trinajstić information content (AvgIpc) is 3.61. The van der Waals surface area contributed by atoms with Crippen LogP contribution in [0.5, 0.6) is 5.75 Å². The van der Waals surface area contributed by atoms with Crippen molar-refractivity contribution in [1.82, 2.24) is 24.8 Å². The number of aromatic nitrogens is 3. The quantitative estimate of drug-likeness (QED) is 0.213. The van der Waals surface area contributed by atoms with Crippen molar-refractivity contribution in [3.05, 3.63) is 41.9 Å². The zero-order valence-corrected chi connectivity index (χ0v) is 31.6. The lowest BCUT2D eigenvalue weighted by molar-refractivity contribution is -0.146. The summed E-state index contributed by atoms with van der Waals surface area (Å²) in [5.41, 5.74) is -3.35. The van der Waals surface area contributed by atoms with Gasteiger partial charge in [-0.15, -0.1) is 0 Å². The molecule has 2 N–H and O–H groups in total. The van der Waals surface area contributed by atoms with E-state index in [0.29, 0.717) is 62.0 Å². The van der Waals surface area contributed by atoms with Gasteiger partial charge >= 0.3 is 12.1 Å². The molecule has 1 aliphatic heterocycles. The van der Waals surface area contributed by atoms with Crippen molar-refractivity contribution in [2.75, 3.05) is 31.6 Å². The number of fused-ring (bicyclic) bond motifs is 3. The molecule has 4 atom stereocenters. The molecule has 4 aliphatic rings. The van der Waals surface area contributed by atoms with Crippen LogP contribution in [0.15, 0.2) is 30.6 Å². The van der Waals surface area contributed by atoms with E-state index in [9.17, 15) is 45.1 Å². The molecule has 11 nitrogen and oxygen atoms in total. The molecule has 7 rings (SSSR count). The Kier molecular flexibility index (Phi) is 10.4. The minimum Gasteiger partial charge on any atom is -0.490 e. The monoisotopic (exact) mass is 795 g/mol. The van der Waals surface area contributed by atoms with E-state index >= 15 is 0 Å². The summed E-state index contributed by atoms with van der Waals surface area (Å²) in [6, 6.07) is 4.69. The van der Waals surface area contributed by atoms with Crippen LogP contribution in [0.3, 0.4) is 0 Å². The highest BCUT2D eigenvalue weighted by Gasteiger charge is 2.56. The van der Waals surface area contributed by atoms with E-state index in [2.05, 4.69) is 20.2 Å². The second kappa shape index (κ2) is 14.6. The van der Waals surface area contributed by atoms with Crippen LogP contribution < -0.4 is 10.1 Å². The highest BCUT2D eigenvalue weighted by atomic mass is 32.2. The number of hydrogen-bond donors (Lipinski definition) is 2. The Labute approximate surface area is 315 Å². The van der Waals surface area contributed by atoms with Gasteiger partial charge in [-0.3, -0.25) is 4.79 Å². The first-order valence-electron chi connectivity index (χ1n) is 18.9. The number of ether oxygens (including phenoxy) is 1. The standard InChI is InChI=1S/C38H46F5N5O6S/c1-22-15-23-17-24(16-22)37(19-23,35(50)51)46-34(49)29-20-44-33(45-32(29)38(41,42)43)30-21-48(25-5-9-36(39,40)10-6-25)31-18-27(3-4-28(30)31)54-26-7-11-47(12-8-26)13-14-55(2,52)53/h3-4,18,20-26H,5-17,19H2,1-2H3,(H,46,49)(H,50,51). The van der Waals surface area contributed by atoms with Crippen LogP contribution in [0.1, 0.15) is 93.2 Å². The summed E-state index contributed by atoms with van der Waals surface area (Å²) >= 11 is 0. The molecule has 0 radical (unpaired) electrons. The van der Waals surface area contributed by atoms with E-state index < -0.39 is 62.6 Å². The van der Waals surface area contributed by atoms with Gasteiger partial charge in [0, 0.05) is 74.2 Å². The molecule has 1 amide bonds. The van der Waals surface area contributed by atoms with Gasteiger partial charge in [-0.25, -0.2) is 32.0 Å². The second-order valence-electron chi connectivity index (χ2n) is 16.3. The van der Waals surface area contributed by atoms with Crippen molar-refractivity contribution < 1.29 is 49.8 Å². The highest BCUT2D eigenvalue weighted by Crippen LogP contribution is 2.51. The fourth-order valence-electron chi connectivity index (χ4n) is 9.39. The SMILES string of the molecule is CC1CC2CC(C1)C(NC(=O)c1cnc(-c3cn(C4CCC(F)(F)CC4)c4cc(OC5CCN(CCS(C)(=O)=O)CC5)ccc34)nc1C(F)(F)F)(C(=O)O)C2. The van der Waals surface area contributed by atoms with E-state index in [1.807, 2.05) is 6.92 Å². The van der Waals surface area contributed by atoms with Crippen LogP contribution in [0.25, 0.3) is 22.3 Å². The van der Waals surface area contributed by atoms with Gasteiger partial charge in [0.05, 0.1) is 16.8 Å². The van der Waals surface area contributed by atoms with Crippen LogP contribution in [0.2, 0.25) is 0 Å². The van der Waals surface area contributed by atoms with Crippen LogP contribution in [-0.4, -0.2) is 94.0 Å². The number of carbonyl (C=O) groups is 2. The van der Waals surface area contributed by atoms with Gasteiger partial charge in [0.1, 0.15) is 27.2 Å². The molecule has 1 aromatic carbocycles. The Morgan fingerprint density at radius 2 is 1.78 bits per heavy atom. The summed E-state index contributed by atoms with van der Waals surface area (Å²) in [4.78, 5) is 36.4. The molecule has 3 saturated carbocycles. The third-order valence-electron chi connectivity index (χ3n) is 12.1. The molecule has 1 saturated heterocycles. The number of amides is 1. The molecule has 300 valence electrons. The van der Waals surface area contributed by atoms with Crippen LogP contribution in [0.4, 0.5) is 22.0 Å². The fraction of sp³-hybridized carbons (Fsp3) is 0.632. The van der Waals surface area contributed by atoms with Crippen molar-refractivity contribution in [3.8, 4) is 17.1 Å². The summed E-state index contributed by atoms with van der Waals surface area (Å²) in [6.45, 7) is 3.72. The number of nitrogens with zero attached hydrogens (tertiary/aromatic N) is 4. The van der Waals surface area contributed by atoms with E-state index in [1.54, 1.807) is 29.0 Å². The first-order chi connectivity index (χ1) is 25.8. The molecule has 55 heavy (non-hydrogen) atoms. The molecule has 2 aromatic heterocycles. The molecule has 3 aromatic rings. The Bertz CT molecular complexity index is 2060. The normalized spacial score (nSPS) is 26.6. The van der Waals surface area contributed by atoms with Gasteiger partial charge in [-0.05, 0) is 81.3 Å². The predicted octanol–water partition coefficient (Wildman–Crippen LogP) is 6.76. The Balaban J connectivity index is 1.19. The maximum atomic E-state index is 14.7. The lowest BCUT2D eigenvalue weighted by atomic mass is 9.78. The number of carboxylic acid groups (broad SMARTS) is 1. The van der Waals surface area contributed by atoms with Crippen molar-refractivity contribution in [2.24, 2.45) is 17.8 Å². The van der Waals surface area contributed by atoms with Gasteiger partial charge in [0.25, 0.3) is 5.91 Å². The van der Waals surface area contributed by atoms with Gasteiger partial charge in [0.2, 0.25) is 5.92 Å². The Morgan fingerprint density at radius 1 is 1.07 bits per heavy atom. The van der Waals surface area contributed by atoms with Gasteiger partial charge < -0.3 is 24.6 Å². The number of carboxylic acids is 1. The third kappa shape index (κ3) is 8.33. The summed E-state index contributed by atoms with van der Waals surface area (Å²) in [5, 5.41) is 13.2. The largest absolute Gasteiger partial charge is 0.490 e. The topological polar surface area (TPSA) is 144 Å². The number of carbonyl (C=O) groups excluding carboxylic acids is 1. The first kappa shape index (κ1) is 39.4.